The Morgan fingerprint density at radius 2 is 1.92 bits per heavy atom. The molecular weight excluding hydrogens is 375 g/mol. The minimum atomic E-state index is -3.09. The summed E-state index contributed by atoms with van der Waals surface area (Å²) in [6.45, 7) is -1.38. The summed E-state index contributed by atoms with van der Waals surface area (Å²) in [5.41, 5.74) is 0.565. The quantitative estimate of drug-likeness (QED) is 0.747. The van der Waals surface area contributed by atoms with Crippen LogP contribution in [0.2, 0.25) is 10.0 Å². The highest BCUT2D eigenvalue weighted by atomic mass is 35.5. The van der Waals surface area contributed by atoms with Crippen molar-refractivity contribution in [3.63, 3.8) is 0 Å². The predicted octanol–water partition coefficient (Wildman–Crippen LogP) is 5.09. The van der Waals surface area contributed by atoms with Gasteiger partial charge in [0.25, 0.3) is 5.91 Å². The van der Waals surface area contributed by atoms with E-state index in [9.17, 15) is 13.6 Å². The molecule has 0 spiro atoms. The van der Waals surface area contributed by atoms with Crippen LogP contribution < -0.4 is 14.8 Å². The van der Waals surface area contributed by atoms with Crippen LogP contribution in [0.25, 0.3) is 0 Å². The number of carbonyl (C=O) groups excluding carboxylic acids is 1. The number of methoxy groups -OCH3 is 1. The molecule has 0 aliphatic heterocycles. The molecule has 2 rings (SSSR count). The van der Waals surface area contributed by atoms with Gasteiger partial charge in [-0.2, -0.15) is 8.78 Å². The molecule has 0 bridgehead atoms. The Hall–Kier alpha value is -2.05. The van der Waals surface area contributed by atoms with Gasteiger partial charge in [-0.25, -0.2) is 0 Å². The van der Waals surface area contributed by atoms with Crippen LogP contribution in [0.5, 0.6) is 11.5 Å². The minimum Gasteiger partial charge on any atom is -0.493 e. The molecule has 0 fully saturated rings. The molecule has 1 amide bonds. The third kappa shape index (κ3) is 4.74. The standard InChI is InChI=1S/C17H15Cl2F2NO3/c1-9(11-7-6-10(18)8-13(11)19)22-16(23)12-4-3-5-14(24-2)15(12)25-17(20)21/h3-9,17H,1-2H3,(H,22,23)/t9-/m1/s1. The van der Waals surface area contributed by atoms with E-state index in [0.29, 0.717) is 15.6 Å². The van der Waals surface area contributed by atoms with E-state index < -0.39 is 18.6 Å². The van der Waals surface area contributed by atoms with E-state index in [0.717, 1.165) is 0 Å². The summed E-state index contributed by atoms with van der Waals surface area (Å²) >= 11 is 12.0. The number of para-hydroxylation sites is 1. The summed E-state index contributed by atoms with van der Waals surface area (Å²) in [6.07, 6.45) is 0. The van der Waals surface area contributed by atoms with Crippen molar-refractivity contribution in [2.75, 3.05) is 7.11 Å². The Balaban J connectivity index is 2.28. The number of hydrogen-bond acceptors (Lipinski definition) is 3. The number of alkyl halides is 2. The second-order valence-corrected chi connectivity index (χ2v) is 5.92. The van der Waals surface area contributed by atoms with Crippen LogP contribution in [-0.2, 0) is 0 Å². The van der Waals surface area contributed by atoms with Gasteiger partial charge in [-0.15, -0.1) is 0 Å². The fourth-order valence-electron chi connectivity index (χ4n) is 2.27. The van der Waals surface area contributed by atoms with E-state index in [-0.39, 0.29) is 17.1 Å². The lowest BCUT2D eigenvalue weighted by atomic mass is 10.1. The molecule has 134 valence electrons. The van der Waals surface area contributed by atoms with Gasteiger partial charge in [0.2, 0.25) is 0 Å². The summed E-state index contributed by atoms with van der Waals surface area (Å²) < 4.78 is 34.8. The van der Waals surface area contributed by atoms with Crippen molar-refractivity contribution in [1.82, 2.24) is 5.32 Å². The number of hydrogen-bond donors (Lipinski definition) is 1. The van der Waals surface area contributed by atoms with Crippen molar-refractivity contribution in [2.45, 2.75) is 19.6 Å². The van der Waals surface area contributed by atoms with Gasteiger partial charge < -0.3 is 14.8 Å². The molecule has 0 heterocycles. The molecule has 0 aromatic heterocycles. The number of nitrogens with one attached hydrogen (secondary N) is 1. The second-order valence-electron chi connectivity index (χ2n) is 5.08. The van der Waals surface area contributed by atoms with Gasteiger partial charge in [-0.05, 0) is 36.8 Å². The summed E-state index contributed by atoms with van der Waals surface area (Å²) in [6, 6.07) is 8.69. The molecule has 2 aromatic rings. The molecule has 0 aliphatic rings. The predicted molar refractivity (Wildman–Crippen MR) is 92.0 cm³/mol. The Labute approximate surface area is 153 Å². The fraction of sp³-hybridized carbons (Fsp3) is 0.235. The average molecular weight is 390 g/mol. The van der Waals surface area contributed by atoms with E-state index in [1.165, 1.54) is 25.3 Å². The lowest BCUT2D eigenvalue weighted by molar-refractivity contribution is -0.0515. The highest BCUT2D eigenvalue weighted by Crippen LogP contribution is 2.33. The lowest BCUT2D eigenvalue weighted by Gasteiger charge is -2.18. The van der Waals surface area contributed by atoms with E-state index >= 15 is 0 Å². The van der Waals surface area contributed by atoms with Gasteiger partial charge in [0.05, 0.1) is 18.7 Å². The summed E-state index contributed by atoms with van der Waals surface area (Å²) in [5.74, 6) is -0.898. The molecule has 25 heavy (non-hydrogen) atoms. The number of carbonyl (C=O) groups is 1. The summed E-state index contributed by atoms with van der Waals surface area (Å²) in [4.78, 5) is 12.5. The summed E-state index contributed by atoms with van der Waals surface area (Å²) in [7, 11) is 1.30. The molecule has 0 radical (unpaired) electrons. The van der Waals surface area contributed by atoms with Crippen molar-refractivity contribution < 1.29 is 23.0 Å². The molecule has 1 atom stereocenters. The first kappa shape index (κ1) is 19.3. The maximum atomic E-state index is 12.7. The average Bonchev–Trinajstić information content (AvgIpc) is 2.54. The number of rotatable bonds is 6. The Morgan fingerprint density at radius 3 is 2.52 bits per heavy atom. The molecule has 0 aliphatic carbocycles. The van der Waals surface area contributed by atoms with Crippen molar-refractivity contribution in [2.24, 2.45) is 0 Å². The number of amides is 1. The largest absolute Gasteiger partial charge is 0.493 e. The highest BCUT2D eigenvalue weighted by Gasteiger charge is 2.22. The first-order valence-electron chi connectivity index (χ1n) is 7.21. The van der Waals surface area contributed by atoms with Crippen LogP contribution in [0.1, 0.15) is 28.9 Å². The third-order valence-corrected chi connectivity index (χ3v) is 3.99. The van der Waals surface area contributed by atoms with Gasteiger partial charge in [-0.3, -0.25) is 4.79 Å². The molecule has 0 saturated carbocycles. The Bertz CT molecular complexity index is 772. The maximum absolute atomic E-state index is 12.7. The minimum absolute atomic E-state index is 0.0325. The topological polar surface area (TPSA) is 47.6 Å². The van der Waals surface area contributed by atoms with Crippen molar-refractivity contribution in [3.05, 3.63) is 57.6 Å². The normalized spacial score (nSPS) is 12.0. The fourth-order valence-corrected chi connectivity index (χ4v) is 2.84. The first-order chi connectivity index (χ1) is 11.8. The van der Waals surface area contributed by atoms with Crippen LogP contribution in [0, 0.1) is 0 Å². The van der Waals surface area contributed by atoms with Crippen LogP contribution in [0.3, 0.4) is 0 Å². The van der Waals surface area contributed by atoms with Crippen LogP contribution in [-0.4, -0.2) is 19.6 Å². The molecule has 2 aromatic carbocycles. The molecule has 4 nitrogen and oxygen atoms in total. The van der Waals surface area contributed by atoms with E-state index in [1.54, 1.807) is 25.1 Å². The Kier molecular flexibility index (Phi) is 6.45. The van der Waals surface area contributed by atoms with Gasteiger partial charge >= 0.3 is 6.61 Å². The SMILES string of the molecule is COc1cccc(C(=O)N[C@H](C)c2ccc(Cl)cc2Cl)c1OC(F)F. The number of benzene rings is 2. The molecule has 1 N–H and O–H groups in total. The van der Waals surface area contributed by atoms with Crippen LogP contribution in [0.4, 0.5) is 8.78 Å². The van der Waals surface area contributed by atoms with Gasteiger partial charge in [0, 0.05) is 10.0 Å². The second kappa shape index (κ2) is 8.36. The number of ether oxygens (including phenoxy) is 2. The van der Waals surface area contributed by atoms with Crippen LogP contribution >= 0.6 is 23.2 Å². The first-order valence-corrected chi connectivity index (χ1v) is 7.96. The van der Waals surface area contributed by atoms with E-state index in [1.807, 2.05) is 0 Å². The summed E-state index contributed by atoms with van der Waals surface area (Å²) in [5, 5.41) is 3.54. The van der Waals surface area contributed by atoms with Crippen LogP contribution in [0.15, 0.2) is 36.4 Å². The van der Waals surface area contributed by atoms with Gasteiger partial charge in [0.15, 0.2) is 11.5 Å². The molecule has 0 unspecified atom stereocenters. The van der Waals surface area contributed by atoms with Gasteiger partial charge in [0.1, 0.15) is 0 Å². The molecular formula is C17H15Cl2F2NO3. The van der Waals surface area contributed by atoms with E-state index in [4.69, 9.17) is 27.9 Å². The zero-order valence-electron chi connectivity index (χ0n) is 13.4. The highest BCUT2D eigenvalue weighted by molar-refractivity contribution is 6.35. The van der Waals surface area contributed by atoms with E-state index in [2.05, 4.69) is 10.1 Å². The molecule has 8 heteroatoms. The van der Waals surface area contributed by atoms with Crippen molar-refractivity contribution in [3.8, 4) is 11.5 Å². The van der Waals surface area contributed by atoms with Crippen molar-refractivity contribution >= 4 is 29.1 Å². The molecule has 0 saturated heterocycles. The maximum Gasteiger partial charge on any atom is 0.387 e. The lowest BCUT2D eigenvalue weighted by Crippen LogP contribution is -2.27. The zero-order chi connectivity index (χ0) is 18.6. The van der Waals surface area contributed by atoms with Gasteiger partial charge in [-0.1, -0.05) is 35.3 Å². The third-order valence-electron chi connectivity index (χ3n) is 3.43. The van der Waals surface area contributed by atoms with Crippen molar-refractivity contribution in [1.29, 1.82) is 0 Å². The number of halogens is 4. The monoisotopic (exact) mass is 389 g/mol. The Morgan fingerprint density at radius 1 is 1.20 bits per heavy atom. The zero-order valence-corrected chi connectivity index (χ0v) is 14.9. The smallest absolute Gasteiger partial charge is 0.387 e.